The van der Waals surface area contributed by atoms with Crippen LogP contribution in [0.25, 0.3) is 33.4 Å². The van der Waals surface area contributed by atoms with Crippen LogP contribution < -0.4 is 24.2 Å². The molecule has 2 heterocycles. The van der Waals surface area contributed by atoms with Crippen molar-refractivity contribution in [1.29, 1.82) is 0 Å². The number of aromatic amines is 1. The van der Waals surface area contributed by atoms with Crippen molar-refractivity contribution in [1.82, 2.24) is 44.7 Å². The molecule has 3 N–H and O–H groups in total. The minimum absolute atomic E-state index is 0.128. The van der Waals surface area contributed by atoms with E-state index in [1.54, 1.807) is 107 Å². The van der Waals surface area contributed by atoms with Crippen LogP contribution in [-0.2, 0) is 44.4 Å². The zero-order chi connectivity index (χ0) is 46.4. The molecule has 0 saturated heterocycles. The third-order valence-electron chi connectivity index (χ3n) is 10.1. The first-order valence-electron chi connectivity index (χ1n) is 20.3. The summed E-state index contributed by atoms with van der Waals surface area (Å²) < 4.78 is 86.3. The first-order valence-corrected chi connectivity index (χ1v) is 23.2. The average Bonchev–Trinajstić information content (AvgIpc) is 3.97. The first-order chi connectivity index (χ1) is 31.1. The van der Waals surface area contributed by atoms with E-state index in [-0.39, 0.29) is 49.7 Å². The Kier molecular flexibility index (Phi) is 13.8. The molecule has 0 saturated carbocycles. The van der Waals surface area contributed by atoms with Gasteiger partial charge in [0.15, 0.2) is 0 Å². The Labute approximate surface area is 377 Å². The lowest BCUT2D eigenvalue weighted by atomic mass is 9.97. The number of carbonyl (C=O) groups is 1. The second-order valence-electron chi connectivity index (χ2n) is 15.7. The van der Waals surface area contributed by atoms with E-state index in [1.165, 1.54) is 35.5 Å². The van der Waals surface area contributed by atoms with Gasteiger partial charge in [-0.05, 0) is 90.7 Å². The number of methoxy groups -OCH3 is 3. The van der Waals surface area contributed by atoms with Gasteiger partial charge in [-0.3, -0.25) is 5.10 Å². The highest BCUT2D eigenvalue weighted by molar-refractivity contribution is 7.92. The van der Waals surface area contributed by atoms with Crippen LogP contribution in [0.1, 0.15) is 37.5 Å². The van der Waals surface area contributed by atoms with E-state index >= 15 is 8.42 Å². The zero-order valence-electron chi connectivity index (χ0n) is 36.6. The van der Waals surface area contributed by atoms with Gasteiger partial charge in [0.05, 0.1) is 45.2 Å². The van der Waals surface area contributed by atoms with Crippen molar-refractivity contribution >= 4 is 37.0 Å². The molecule has 0 unspecified atom stereocenters. The number of fused-ring (bicyclic) bond motifs is 1. The smallest absolute Gasteiger partial charge is 0.407 e. The molecular weight excluding hydrogens is 875 g/mol. The highest BCUT2D eigenvalue weighted by Crippen LogP contribution is 2.43. The Morgan fingerprint density at radius 2 is 1.32 bits per heavy atom. The Morgan fingerprint density at radius 1 is 0.738 bits per heavy atom. The number of carbonyl (C=O) groups excluding carboxylic acids is 1. The number of H-pyrrole nitrogens is 1. The van der Waals surface area contributed by atoms with Gasteiger partial charge in [0.2, 0.25) is 25.9 Å². The summed E-state index contributed by atoms with van der Waals surface area (Å²) in [6, 6.07) is 29.1. The van der Waals surface area contributed by atoms with Crippen LogP contribution in [0.15, 0.2) is 119 Å². The molecule has 0 radical (unpaired) electrons. The van der Waals surface area contributed by atoms with Crippen molar-refractivity contribution in [2.24, 2.45) is 0 Å². The summed E-state index contributed by atoms with van der Waals surface area (Å²) in [4.78, 5) is 12.5. The summed E-state index contributed by atoms with van der Waals surface area (Å²) in [6.45, 7) is 4.36. The van der Waals surface area contributed by atoms with Gasteiger partial charge < -0.3 is 24.3 Å². The third-order valence-corrected chi connectivity index (χ3v) is 13.6. The number of para-hydroxylation sites is 1. The molecule has 0 bridgehead atoms. The van der Waals surface area contributed by atoms with Gasteiger partial charge in [-0.15, -0.1) is 10.2 Å². The van der Waals surface area contributed by atoms with E-state index in [9.17, 15) is 13.2 Å². The Balaban J connectivity index is 1.44. The fourth-order valence-electron chi connectivity index (χ4n) is 6.94. The van der Waals surface area contributed by atoms with Crippen LogP contribution >= 0.6 is 0 Å². The number of ether oxygens (including phenoxy) is 4. The highest BCUT2D eigenvalue weighted by atomic mass is 32.2. The van der Waals surface area contributed by atoms with Crippen LogP contribution in [0.2, 0.25) is 0 Å². The number of tetrazole rings is 1. The summed E-state index contributed by atoms with van der Waals surface area (Å²) in [5, 5.41) is 23.9. The van der Waals surface area contributed by atoms with Gasteiger partial charge in [-0.1, -0.05) is 60.7 Å². The van der Waals surface area contributed by atoms with Crippen molar-refractivity contribution in [3.05, 3.63) is 126 Å². The molecule has 7 rings (SSSR count). The molecule has 2 aromatic heterocycles. The van der Waals surface area contributed by atoms with Gasteiger partial charge >= 0.3 is 6.09 Å². The van der Waals surface area contributed by atoms with Crippen LogP contribution in [0.5, 0.6) is 17.2 Å². The summed E-state index contributed by atoms with van der Waals surface area (Å²) >= 11 is 0. The van der Waals surface area contributed by atoms with Crippen molar-refractivity contribution in [3.63, 3.8) is 0 Å². The molecule has 0 aliphatic heterocycles. The van der Waals surface area contributed by atoms with Crippen LogP contribution in [0.4, 0.5) is 4.79 Å². The maximum Gasteiger partial charge on any atom is 0.407 e. The van der Waals surface area contributed by atoms with E-state index in [1.807, 2.05) is 18.2 Å². The number of hydrogen-bond donors (Lipinski definition) is 3. The quantitative estimate of drug-likeness (QED) is 0.0823. The number of alkyl carbamates (subject to hydrolysis) is 1. The molecule has 5 aromatic carbocycles. The van der Waals surface area contributed by atoms with Crippen LogP contribution in [0, 0.1) is 0 Å². The molecule has 1 amide bonds. The highest BCUT2D eigenvalue weighted by Gasteiger charge is 2.38. The van der Waals surface area contributed by atoms with Gasteiger partial charge in [-0.2, -0.15) is 14.2 Å². The van der Waals surface area contributed by atoms with Gasteiger partial charge in [0, 0.05) is 37.1 Å². The molecule has 0 aliphatic rings. The summed E-state index contributed by atoms with van der Waals surface area (Å²) in [5.74, 6) is 1.60. The molecule has 0 fully saturated rings. The van der Waals surface area contributed by atoms with Crippen molar-refractivity contribution in [2.45, 2.75) is 55.8 Å². The van der Waals surface area contributed by atoms with Gasteiger partial charge in [0.1, 0.15) is 32.6 Å². The van der Waals surface area contributed by atoms with Crippen molar-refractivity contribution in [3.8, 4) is 39.8 Å². The third kappa shape index (κ3) is 10.9. The maximum absolute atomic E-state index is 16.0. The molecule has 0 aliphatic carbocycles. The van der Waals surface area contributed by atoms with Crippen LogP contribution in [0.3, 0.4) is 0 Å². The molecule has 18 nitrogen and oxygen atoms in total. The number of amides is 1. The lowest BCUT2D eigenvalue weighted by Gasteiger charge is -2.26. The lowest BCUT2D eigenvalue weighted by molar-refractivity contribution is 0.0528. The number of nitrogens with zero attached hydrogens (tertiary/aromatic N) is 6. The second-order valence-corrected chi connectivity index (χ2v) is 19.4. The fraction of sp³-hybridized carbons (Fsp3) is 0.267. The Morgan fingerprint density at radius 3 is 1.89 bits per heavy atom. The Bertz CT molecular complexity index is 2940. The lowest BCUT2D eigenvalue weighted by Crippen LogP contribution is -2.38. The molecule has 0 spiro atoms. The number of nitrogens with one attached hydrogen (secondary N) is 3. The van der Waals surface area contributed by atoms with E-state index in [2.05, 4.69) is 30.5 Å². The number of aromatic nitrogens is 6. The first kappa shape index (κ1) is 46.1. The standard InChI is InChI=1S/C45H49N9O9S2/c1-45(2,3)63-44(55)46-24-25-48-64(56,57)39-23-22-37(38-9-7-8-33-26-47-49-41(33)38)40(43-50-52-54(51-43)29-32-14-20-36(62-6)21-15-32)42(39)65(58,59)53(27-30-10-16-34(60-4)17-11-30)28-31-12-18-35(61-5)19-13-31/h7-23,26,48H,24-25,27-29H2,1-6H3,(H,46,55)(H,47,49). The summed E-state index contributed by atoms with van der Waals surface area (Å²) in [5.41, 5.74) is 2.37. The maximum atomic E-state index is 16.0. The second kappa shape index (κ2) is 19.5. The number of rotatable bonds is 18. The molecule has 65 heavy (non-hydrogen) atoms. The molecule has 20 heteroatoms. The average molecular weight is 924 g/mol. The SMILES string of the molecule is COc1ccc(CN(Cc2ccc(OC)cc2)S(=O)(=O)c2c(S(=O)(=O)NCCNC(=O)OC(C)(C)C)ccc(-c3cccc4cn[nH]c34)c2-c2nnn(Cc3ccc(OC)cc3)n2)cc1. The molecule has 0 atom stereocenters. The van der Waals surface area contributed by atoms with E-state index in [4.69, 9.17) is 24.0 Å². The summed E-state index contributed by atoms with van der Waals surface area (Å²) in [6.07, 6.45) is 0.870. The number of hydrogen-bond acceptors (Lipinski definition) is 13. The summed E-state index contributed by atoms with van der Waals surface area (Å²) in [7, 11) is -5.00. The molecule has 340 valence electrons. The topological polar surface area (TPSA) is 222 Å². The number of benzene rings is 5. The minimum atomic E-state index is -4.91. The van der Waals surface area contributed by atoms with E-state index < -0.39 is 41.5 Å². The fourth-order valence-corrected chi connectivity index (χ4v) is 10.4. The minimum Gasteiger partial charge on any atom is -0.497 e. The van der Waals surface area contributed by atoms with Crippen molar-refractivity contribution < 1.29 is 40.6 Å². The molecule has 7 aromatic rings. The predicted molar refractivity (Wildman–Crippen MR) is 242 cm³/mol. The normalized spacial score (nSPS) is 12.0. The van der Waals surface area contributed by atoms with E-state index in [0.29, 0.717) is 44.8 Å². The van der Waals surface area contributed by atoms with Gasteiger partial charge in [-0.25, -0.2) is 26.4 Å². The number of sulfonamides is 2. The van der Waals surface area contributed by atoms with Crippen LogP contribution in [-0.4, -0.2) is 97.7 Å². The van der Waals surface area contributed by atoms with Crippen molar-refractivity contribution in [2.75, 3.05) is 34.4 Å². The molecular formula is C45H49N9O9S2. The van der Waals surface area contributed by atoms with Gasteiger partial charge in [0.25, 0.3) is 0 Å². The van der Waals surface area contributed by atoms with E-state index in [0.717, 1.165) is 5.56 Å². The predicted octanol–water partition coefficient (Wildman–Crippen LogP) is 6.15. The Hall–Kier alpha value is -6.87. The largest absolute Gasteiger partial charge is 0.497 e. The monoisotopic (exact) mass is 923 g/mol. The zero-order valence-corrected chi connectivity index (χ0v) is 38.2.